The maximum atomic E-state index is 12.2. The van der Waals surface area contributed by atoms with E-state index in [1.54, 1.807) is 0 Å². The van der Waals surface area contributed by atoms with Crippen molar-refractivity contribution in [1.29, 1.82) is 0 Å². The predicted molar refractivity (Wildman–Crippen MR) is 73.9 cm³/mol. The molecule has 3 rings (SSSR count). The molecule has 0 aromatic heterocycles. The van der Waals surface area contributed by atoms with E-state index in [4.69, 9.17) is 11.6 Å². The monoisotopic (exact) mass is 254 g/mol. The molecule has 88 valence electrons. The van der Waals surface area contributed by atoms with Crippen LogP contribution in [-0.2, 0) is 6.42 Å². The molecule has 0 N–H and O–H groups in total. The van der Waals surface area contributed by atoms with Crippen molar-refractivity contribution in [3.05, 3.63) is 75.8 Å². The molecule has 0 saturated heterocycles. The first-order valence-electron chi connectivity index (χ1n) is 5.83. The van der Waals surface area contributed by atoms with Gasteiger partial charge in [0.15, 0.2) is 5.78 Å². The Hall–Kier alpha value is -1.86. The Morgan fingerprint density at radius 2 is 1.72 bits per heavy atom. The summed E-state index contributed by atoms with van der Waals surface area (Å²) in [6.45, 7) is 0. The van der Waals surface area contributed by atoms with Crippen LogP contribution in [0.1, 0.15) is 21.5 Å². The topological polar surface area (TPSA) is 17.1 Å². The predicted octanol–water partition coefficient (Wildman–Crippen LogP) is 4.16. The standard InChI is InChI=1S/C16H11ClO/c17-15-8-4-2-6-12(15)10-13-9-11-5-1-3-7-14(11)16(13)18/h1-8,10H,9H2/b13-10-. The number of hydrogen-bond donors (Lipinski definition) is 0. The van der Waals surface area contributed by atoms with Crippen LogP contribution >= 0.6 is 11.6 Å². The van der Waals surface area contributed by atoms with Crippen molar-refractivity contribution in [2.75, 3.05) is 0 Å². The Morgan fingerprint density at radius 1 is 1.00 bits per heavy atom. The lowest BCUT2D eigenvalue weighted by atomic mass is 10.1. The van der Waals surface area contributed by atoms with Crippen LogP contribution in [0.5, 0.6) is 0 Å². The Morgan fingerprint density at radius 3 is 2.50 bits per heavy atom. The van der Waals surface area contributed by atoms with Gasteiger partial charge in [-0.05, 0) is 23.3 Å². The van der Waals surface area contributed by atoms with E-state index in [9.17, 15) is 4.79 Å². The number of ketones is 1. The van der Waals surface area contributed by atoms with E-state index < -0.39 is 0 Å². The number of hydrogen-bond acceptors (Lipinski definition) is 1. The quantitative estimate of drug-likeness (QED) is 0.699. The molecule has 1 nitrogen and oxygen atoms in total. The summed E-state index contributed by atoms with van der Waals surface area (Å²) in [4.78, 5) is 12.2. The van der Waals surface area contributed by atoms with E-state index in [0.717, 1.165) is 22.3 Å². The number of carbonyl (C=O) groups is 1. The van der Waals surface area contributed by atoms with E-state index in [1.807, 2.05) is 54.6 Å². The minimum absolute atomic E-state index is 0.116. The van der Waals surface area contributed by atoms with Crippen LogP contribution in [0.2, 0.25) is 5.02 Å². The second kappa shape index (κ2) is 4.43. The maximum Gasteiger partial charge on any atom is 0.189 e. The van der Waals surface area contributed by atoms with Crippen LogP contribution in [0.4, 0.5) is 0 Å². The molecule has 2 aromatic carbocycles. The summed E-state index contributed by atoms with van der Waals surface area (Å²) < 4.78 is 0. The minimum atomic E-state index is 0.116. The van der Waals surface area contributed by atoms with Crippen LogP contribution in [0.15, 0.2) is 54.1 Å². The third-order valence-corrected chi connectivity index (χ3v) is 3.51. The molecule has 0 bridgehead atoms. The van der Waals surface area contributed by atoms with E-state index in [0.29, 0.717) is 11.4 Å². The average molecular weight is 255 g/mol. The van der Waals surface area contributed by atoms with Crippen LogP contribution in [0, 0.1) is 0 Å². The van der Waals surface area contributed by atoms with Gasteiger partial charge in [0.25, 0.3) is 0 Å². The smallest absolute Gasteiger partial charge is 0.189 e. The van der Waals surface area contributed by atoms with Crippen molar-refractivity contribution < 1.29 is 4.79 Å². The zero-order valence-electron chi connectivity index (χ0n) is 9.69. The number of carbonyl (C=O) groups excluding carboxylic acids is 1. The van der Waals surface area contributed by atoms with Crippen molar-refractivity contribution in [2.24, 2.45) is 0 Å². The highest BCUT2D eigenvalue weighted by Gasteiger charge is 2.23. The van der Waals surface area contributed by atoms with Gasteiger partial charge < -0.3 is 0 Å². The van der Waals surface area contributed by atoms with Crippen LogP contribution in [-0.4, -0.2) is 5.78 Å². The van der Waals surface area contributed by atoms with Crippen molar-refractivity contribution in [2.45, 2.75) is 6.42 Å². The number of Topliss-reactive ketones (excluding diaryl/α,β-unsaturated/α-hetero) is 1. The molecule has 0 unspecified atom stereocenters. The van der Waals surface area contributed by atoms with Gasteiger partial charge in [0.05, 0.1) is 0 Å². The van der Waals surface area contributed by atoms with Gasteiger partial charge in [-0.2, -0.15) is 0 Å². The lowest BCUT2D eigenvalue weighted by molar-refractivity contribution is 0.104. The highest BCUT2D eigenvalue weighted by atomic mass is 35.5. The van der Waals surface area contributed by atoms with Crippen LogP contribution in [0.25, 0.3) is 6.08 Å². The fourth-order valence-electron chi connectivity index (χ4n) is 2.25. The molecule has 0 radical (unpaired) electrons. The molecule has 18 heavy (non-hydrogen) atoms. The molecule has 1 aliphatic carbocycles. The third-order valence-electron chi connectivity index (χ3n) is 3.17. The maximum absolute atomic E-state index is 12.2. The van der Waals surface area contributed by atoms with Gasteiger partial charge in [-0.15, -0.1) is 0 Å². The van der Waals surface area contributed by atoms with E-state index in [2.05, 4.69) is 0 Å². The lowest BCUT2D eigenvalue weighted by Crippen LogP contribution is -1.95. The number of allylic oxidation sites excluding steroid dienone is 1. The molecule has 2 aromatic rings. The van der Waals surface area contributed by atoms with Gasteiger partial charge in [-0.3, -0.25) is 4.79 Å². The number of fused-ring (bicyclic) bond motifs is 1. The third kappa shape index (κ3) is 1.87. The molecule has 0 fully saturated rings. The van der Waals surface area contributed by atoms with Crippen molar-refractivity contribution in [3.8, 4) is 0 Å². The van der Waals surface area contributed by atoms with Gasteiger partial charge >= 0.3 is 0 Å². The molecule has 0 saturated carbocycles. The van der Waals surface area contributed by atoms with Gasteiger partial charge in [0, 0.05) is 22.6 Å². The molecule has 0 aliphatic heterocycles. The first-order valence-corrected chi connectivity index (χ1v) is 6.21. The van der Waals surface area contributed by atoms with Gasteiger partial charge in [0.2, 0.25) is 0 Å². The van der Waals surface area contributed by atoms with E-state index in [-0.39, 0.29) is 5.78 Å². The largest absolute Gasteiger partial charge is 0.289 e. The molecular formula is C16H11ClO. The second-order valence-corrected chi connectivity index (χ2v) is 4.76. The summed E-state index contributed by atoms with van der Waals surface area (Å²) in [5.41, 5.74) is 3.62. The molecule has 0 heterocycles. The Kier molecular flexibility index (Phi) is 2.77. The summed E-state index contributed by atoms with van der Waals surface area (Å²) in [6, 6.07) is 15.3. The summed E-state index contributed by atoms with van der Waals surface area (Å²) in [5.74, 6) is 0.116. The minimum Gasteiger partial charge on any atom is -0.289 e. The fourth-order valence-corrected chi connectivity index (χ4v) is 2.44. The summed E-state index contributed by atoms with van der Waals surface area (Å²) in [5, 5.41) is 0.675. The summed E-state index contributed by atoms with van der Waals surface area (Å²) >= 11 is 6.11. The van der Waals surface area contributed by atoms with Gasteiger partial charge in [0.1, 0.15) is 0 Å². The van der Waals surface area contributed by atoms with Crippen molar-refractivity contribution in [3.63, 3.8) is 0 Å². The lowest BCUT2D eigenvalue weighted by Gasteiger charge is -1.99. The summed E-state index contributed by atoms with van der Waals surface area (Å²) in [7, 11) is 0. The molecule has 2 heteroatoms. The van der Waals surface area contributed by atoms with Crippen LogP contribution in [0.3, 0.4) is 0 Å². The summed E-state index contributed by atoms with van der Waals surface area (Å²) in [6.07, 6.45) is 2.59. The van der Waals surface area contributed by atoms with E-state index >= 15 is 0 Å². The van der Waals surface area contributed by atoms with Gasteiger partial charge in [-0.1, -0.05) is 54.1 Å². The number of halogens is 1. The highest BCUT2D eigenvalue weighted by molar-refractivity contribution is 6.32. The van der Waals surface area contributed by atoms with Crippen LogP contribution < -0.4 is 0 Å². The Balaban J connectivity index is 2.02. The zero-order valence-corrected chi connectivity index (χ0v) is 10.4. The molecular weight excluding hydrogens is 244 g/mol. The second-order valence-electron chi connectivity index (χ2n) is 4.35. The molecule has 0 amide bonds. The zero-order chi connectivity index (χ0) is 12.5. The fraction of sp³-hybridized carbons (Fsp3) is 0.0625. The van der Waals surface area contributed by atoms with E-state index in [1.165, 1.54) is 0 Å². The number of rotatable bonds is 1. The van der Waals surface area contributed by atoms with Gasteiger partial charge in [-0.25, -0.2) is 0 Å². The highest BCUT2D eigenvalue weighted by Crippen LogP contribution is 2.28. The Labute approximate surface area is 111 Å². The molecule has 0 spiro atoms. The SMILES string of the molecule is O=C1/C(=C\c2ccccc2Cl)Cc2ccccc21. The molecule has 0 atom stereocenters. The van der Waals surface area contributed by atoms with Crippen molar-refractivity contribution in [1.82, 2.24) is 0 Å². The normalized spacial score (nSPS) is 16.1. The molecule has 1 aliphatic rings. The average Bonchev–Trinajstić information content (AvgIpc) is 2.70. The Bertz CT molecular complexity index is 656. The van der Waals surface area contributed by atoms with Crippen molar-refractivity contribution >= 4 is 23.5 Å². The number of benzene rings is 2. The first kappa shape index (κ1) is 11.2. The first-order chi connectivity index (χ1) is 8.75.